The van der Waals surface area contributed by atoms with Gasteiger partial charge in [0.2, 0.25) is 0 Å². The van der Waals surface area contributed by atoms with Crippen molar-refractivity contribution in [3.63, 3.8) is 0 Å². The van der Waals surface area contributed by atoms with Gasteiger partial charge in [0.25, 0.3) is 5.91 Å². The van der Waals surface area contributed by atoms with Crippen LogP contribution in [0, 0.1) is 13.8 Å². The van der Waals surface area contributed by atoms with Crippen LogP contribution in [0.4, 0.5) is 10.7 Å². The Morgan fingerprint density at radius 3 is 2.62 bits per heavy atom. The molecule has 7 nitrogen and oxygen atoms in total. The van der Waals surface area contributed by atoms with Crippen LogP contribution in [0.2, 0.25) is 5.02 Å². The Bertz CT molecular complexity index is 838. The fraction of sp³-hybridized carbons (Fsp3) is 0.353. The molecular weight excluding hydrogens is 378 g/mol. The zero-order valence-corrected chi connectivity index (χ0v) is 16.7. The Morgan fingerprint density at radius 2 is 2.00 bits per heavy atom. The van der Waals surface area contributed by atoms with Crippen LogP contribution in [0.15, 0.2) is 12.1 Å². The van der Waals surface area contributed by atoms with Crippen molar-refractivity contribution in [2.24, 2.45) is 0 Å². The second-order valence-electron chi connectivity index (χ2n) is 5.56. The molecule has 1 amide bonds. The molecule has 1 aromatic heterocycles. The molecule has 1 aromatic carbocycles. The number of nitrogens with one attached hydrogen (secondary N) is 2. The Morgan fingerprint density at radius 1 is 1.31 bits per heavy atom. The van der Waals surface area contributed by atoms with Crippen LogP contribution in [0.5, 0.6) is 5.75 Å². The van der Waals surface area contributed by atoms with Crippen LogP contribution >= 0.6 is 23.1 Å². The maximum absolute atomic E-state index is 12.4. The van der Waals surface area contributed by atoms with Gasteiger partial charge in [-0.05, 0) is 43.9 Å². The number of nitrogens with zero attached hydrogens (tertiary/aromatic N) is 1. The molecular formula is C17H20ClN3O4S. The van der Waals surface area contributed by atoms with E-state index >= 15 is 0 Å². The van der Waals surface area contributed by atoms with E-state index in [-0.39, 0.29) is 0 Å². The third-order valence-electron chi connectivity index (χ3n) is 3.69. The smallest absolute Gasteiger partial charge is 0.343 e. The predicted molar refractivity (Wildman–Crippen MR) is 103 cm³/mol. The zero-order chi connectivity index (χ0) is 19.4. The van der Waals surface area contributed by atoms with Gasteiger partial charge in [-0.2, -0.15) is 4.37 Å². The summed E-state index contributed by atoms with van der Waals surface area (Å²) < 4.78 is 14.6. The highest BCUT2D eigenvalue weighted by Gasteiger charge is 2.25. The fourth-order valence-electron chi connectivity index (χ4n) is 2.22. The number of rotatable bonds is 6. The molecule has 2 aromatic rings. The summed E-state index contributed by atoms with van der Waals surface area (Å²) in [4.78, 5) is 24.8. The molecule has 0 radical (unpaired) electrons. The van der Waals surface area contributed by atoms with Gasteiger partial charge in [-0.3, -0.25) is 4.79 Å². The number of carbonyl (C=O) groups excluding carboxylic acids is 2. The molecule has 0 aliphatic carbocycles. The third kappa shape index (κ3) is 4.25. The van der Waals surface area contributed by atoms with Gasteiger partial charge >= 0.3 is 5.97 Å². The third-order valence-corrected chi connectivity index (χ3v) is 5.05. The minimum atomic E-state index is -1.01. The SMILES string of the molecule is CNc1snc(C)c1C(=O)OC(C)C(=O)Nc1cc(C)c(Cl)cc1OC. The second kappa shape index (κ2) is 8.37. The maximum atomic E-state index is 12.4. The van der Waals surface area contributed by atoms with Crippen molar-refractivity contribution < 1.29 is 19.1 Å². The number of aromatic nitrogens is 1. The predicted octanol–water partition coefficient (Wildman–Crippen LogP) is 3.65. The van der Waals surface area contributed by atoms with E-state index in [0.717, 1.165) is 17.1 Å². The van der Waals surface area contributed by atoms with Crippen molar-refractivity contribution in [3.8, 4) is 5.75 Å². The first kappa shape index (κ1) is 20.0. The normalized spacial score (nSPS) is 11.6. The van der Waals surface area contributed by atoms with Crippen LogP contribution in [-0.2, 0) is 9.53 Å². The van der Waals surface area contributed by atoms with Crippen LogP contribution in [0.1, 0.15) is 28.5 Å². The lowest BCUT2D eigenvalue weighted by Gasteiger charge is -2.16. The number of methoxy groups -OCH3 is 1. The standard InChI is InChI=1S/C17H20ClN3O4S/c1-8-6-12(13(24-5)7-11(8)18)20-15(22)10(3)25-17(23)14-9(2)21-26-16(14)19-4/h6-7,10,19H,1-5H3,(H,20,22). The Hall–Kier alpha value is -2.32. The van der Waals surface area contributed by atoms with E-state index in [1.165, 1.54) is 14.0 Å². The van der Waals surface area contributed by atoms with E-state index in [1.54, 1.807) is 26.1 Å². The average Bonchev–Trinajstić information content (AvgIpc) is 2.98. The minimum Gasteiger partial charge on any atom is -0.495 e. The molecule has 1 atom stereocenters. The van der Waals surface area contributed by atoms with Gasteiger partial charge in [-0.25, -0.2) is 4.79 Å². The van der Waals surface area contributed by atoms with Gasteiger partial charge in [0.15, 0.2) is 6.10 Å². The molecule has 2 N–H and O–H groups in total. The first-order chi connectivity index (χ1) is 12.3. The number of aryl methyl sites for hydroxylation is 2. The van der Waals surface area contributed by atoms with Crippen molar-refractivity contribution in [1.82, 2.24) is 4.37 Å². The summed E-state index contributed by atoms with van der Waals surface area (Å²) in [6.45, 7) is 5.02. The number of esters is 1. The molecule has 1 heterocycles. The van der Waals surface area contributed by atoms with Crippen LogP contribution < -0.4 is 15.4 Å². The second-order valence-corrected chi connectivity index (χ2v) is 6.74. The average molecular weight is 398 g/mol. The van der Waals surface area contributed by atoms with E-state index in [4.69, 9.17) is 21.1 Å². The van der Waals surface area contributed by atoms with E-state index in [9.17, 15) is 9.59 Å². The quantitative estimate of drug-likeness (QED) is 0.723. The van der Waals surface area contributed by atoms with Crippen molar-refractivity contribution in [2.75, 3.05) is 24.8 Å². The van der Waals surface area contributed by atoms with Gasteiger partial charge in [-0.15, -0.1) is 0 Å². The highest BCUT2D eigenvalue weighted by atomic mass is 35.5. The number of benzene rings is 1. The highest BCUT2D eigenvalue weighted by molar-refractivity contribution is 7.10. The summed E-state index contributed by atoms with van der Waals surface area (Å²) in [5, 5.41) is 6.71. The molecule has 0 bridgehead atoms. The van der Waals surface area contributed by atoms with E-state index < -0.39 is 18.0 Å². The zero-order valence-electron chi connectivity index (χ0n) is 15.1. The van der Waals surface area contributed by atoms with Crippen LogP contribution in [-0.4, -0.2) is 36.5 Å². The molecule has 1 unspecified atom stereocenters. The van der Waals surface area contributed by atoms with Gasteiger partial charge in [0, 0.05) is 18.1 Å². The highest BCUT2D eigenvalue weighted by Crippen LogP contribution is 2.31. The first-order valence-electron chi connectivity index (χ1n) is 7.78. The van der Waals surface area contributed by atoms with Crippen molar-refractivity contribution >= 4 is 45.7 Å². The molecule has 2 rings (SSSR count). The van der Waals surface area contributed by atoms with E-state index in [0.29, 0.717) is 32.7 Å². The summed E-state index contributed by atoms with van der Waals surface area (Å²) in [7, 11) is 3.17. The lowest BCUT2D eigenvalue weighted by molar-refractivity contribution is -0.123. The van der Waals surface area contributed by atoms with Gasteiger partial charge in [0.05, 0.1) is 18.5 Å². The molecule has 26 heavy (non-hydrogen) atoms. The first-order valence-corrected chi connectivity index (χ1v) is 8.93. The molecule has 0 fully saturated rings. The summed E-state index contributed by atoms with van der Waals surface area (Å²) in [6.07, 6.45) is -1.01. The Labute approximate surface area is 160 Å². The molecule has 9 heteroatoms. The molecule has 0 spiro atoms. The lowest BCUT2D eigenvalue weighted by Crippen LogP contribution is -2.30. The minimum absolute atomic E-state index is 0.331. The Balaban J connectivity index is 2.12. The van der Waals surface area contributed by atoms with Crippen LogP contribution in [0.25, 0.3) is 0 Å². The molecule has 140 valence electrons. The van der Waals surface area contributed by atoms with E-state index in [2.05, 4.69) is 15.0 Å². The number of amides is 1. The topological polar surface area (TPSA) is 89.5 Å². The largest absolute Gasteiger partial charge is 0.495 e. The van der Waals surface area contributed by atoms with Gasteiger partial charge in [-0.1, -0.05) is 11.6 Å². The number of hydrogen-bond acceptors (Lipinski definition) is 7. The van der Waals surface area contributed by atoms with Gasteiger partial charge < -0.3 is 20.1 Å². The maximum Gasteiger partial charge on any atom is 0.343 e. The molecule has 0 saturated carbocycles. The van der Waals surface area contributed by atoms with Crippen molar-refractivity contribution in [2.45, 2.75) is 26.9 Å². The number of ether oxygens (including phenoxy) is 2. The van der Waals surface area contributed by atoms with Crippen LogP contribution in [0.3, 0.4) is 0 Å². The molecule has 0 aliphatic rings. The summed E-state index contributed by atoms with van der Waals surface area (Å²) in [6, 6.07) is 3.31. The van der Waals surface area contributed by atoms with Crippen molar-refractivity contribution in [3.05, 3.63) is 34.0 Å². The number of carbonyl (C=O) groups is 2. The monoisotopic (exact) mass is 397 g/mol. The number of anilines is 2. The molecule has 0 saturated heterocycles. The van der Waals surface area contributed by atoms with Crippen molar-refractivity contribution in [1.29, 1.82) is 0 Å². The molecule has 0 aliphatic heterocycles. The fourth-order valence-corrected chi connectivity index (χ4v) is 3.10. The number of halogens is 1. The Kier molecular flexibility index (Phi) is 6.44. The lowest BCUT2D eigenvalue weighted by atomic mass is 10.2. The van der Waals surface area contributed by atoms with E-state index in [1.807, 2.05) is 6.92 Å². The summed E-state index contributed by atoms with van der Waals surface area (Å²) in [5.74, 6) is -0.671. The summed E-state index contributed by atoms with van der Waals surface area (Å²) in [5.41, 5.74) is 2.11. The van der Waals surface area contributed by atoms with Gasteiger partial charge in [0.1, 0.15) is 16.3 Å². The number of hydrogen-bond donors (Lipinski definition) is 2. The summed E-state index contributed by atoms with van der Waals surface area (Å²) >= 11 is 7.22.